The first kappa shape index (κ1) is 17.5. The summed E-state index contributed by atoms with van der Waals surface area (Å²) >= 11 is 0. The van der Waals surface area contributed by atoms with Crippen molar-refractivity contribution in [2.75, 3.05) is 20.8 Å². The Balaban J connectivity index is 0.00000220. The fourth-order valence-corrected chi connectivity index (χ4v) is 2.10. The van der Waals surface area contributed by atoms with E-state index in [2.05, 4.69) is 29.6 Å². The molecule has 2 rings (SSSR count). The summed E-state index contributed by atoms with van der Waals surface area (Å²) < 4.78 is 10.6. The van der Waals surface area contributed by atoms with Gasteiger partial charge in [-0.15, -0.1) is 17.0 Å². The van der Waals surface area contributed by atoms with Gasteiger partial charge in [0.1, 0.15) is 11.5 Å². The minimum absolute atomic E-state index is 0. The smallest absolute Gasteiger partial charge is 0.127 e. The summed E-state index contributed by atoms with van der Waals surface area (Å²) in [5, 5.41) is 3.44. The van der Waals surface area contributed by atoms with Crippen LogP contribution in [0.5, 0.6) is 11.5 Å². The summed E-state index contributed by atoms with van der Waals surface area (Å²) in [4.78, 5) is 0. The lowest BCUT2D eigenvalue weighted by atomic mass is 10.1. The van der Waals surface area contributed by atoms with Crippen LogP contribution in [-0.4, -0.2) is 20.8 Å². The van der Waals surface area contributed by atoms with Gasteiger partial charge >= 0.3 is 0 Å². The van der Waals surface area contributed by atoms with Crippen molar-refractivity contribution in [3.63, 3.8) is 0 Å². The SMILES string of the molecule is Br.COc1ccc(CNCCc2ccccc2)c(OC)c1. The summed E-state index contributed by atoms with van der Waals surface area (Å²) in [6, 6.07) is 16.4. The van der Waals surface area contributed by atoms with Gasteiger partial charge in [0.2, 0.25) is 0 Å². The molecule has 2 aromatic carbocycles. The molecule has 0 atom stereocenters. The average Bonchev–Trinajstić information content (AvgIpc) is 2.52. The second kappa shape index (κ2) is 9.42. The van der Waals surface area contributed by atoms with Crippen LogP contribution in [0.4, 0.5) is 0 Å². The number of rotatable bonds is 7. The highest BCUT2D eigenvalue weighted by molar-refractivity contribution is 8.93. The van der Waals surface area contributed by atoms with Gasteiger partial charge in [-0.3, -0.25) is 0 Å². The zero-order valence-electron chi connectivity index (χ0n) is 12.5. The van der Waals surface area contributed by atoms with E-state index in [0.717, 1.165) is 36.6 Å². The molecule has 0 aliphatic heterocycles. The zero-order valence-corrected chi connectivity index (χ0v) is 14.2. The van der Waals surface area contributed by atoms with Crippen molar-refractivity contribution in [3.8, 4) is 11.5 Å². The largest absolute Gasteiger partial charge is 0.497 e. The molecular formula is C17H22BrNO2. The first-order chi connectivity index (χ1) is 9.83. The predicted molar refractivity (Wildman–Crippen MR) is 91.7 cm³/mol. The molecule has 0 spiro atoms. The summed E-state index contributed by atoms with van der Waals surface area (Å²) in [7, 11) is 3.34. The molecule has 21 heavy (non-hydrogen) atoms. The van der Waals surface area contributed by atoms with Gasteiger partial charge in [-0.25, -0.2) is 0 Å². The molecule has 0 saturated carbocycles. The van der Waals surface area contributed by atoms with E-state index in [-0.39, 0.29) is 17.0 Å². The van der Waals surface area contributed by atoms with Crippen molar-refractivity contribution >= 4 is 17.0 Å². The van der Waals surface area contributed by atoms with Crippen LogP contribution in [-0.2, 0) is 13.0 Å². The number of nitrogens with one attached hydrogen (secondary N) is 1. The van der Waals surface area contributed by atoms with Gasteiger partial charge in [0.25, 0.3) is 0 Å². The Kier molecular flexibility index (Phi) is 7.87. The lowest BCUT2D eigenvalue weighted by Gasteiger charge is -2.11. The zero-order chi connectivity index (χ0) is 14.2. The van der Waals surface area contributed by atoms with Crippen LogP contribution < -0.4 is 14.8 Å². The van der Waals surface area contributed by atoms with Crippen LogP contribution >= 0.6 is 17.0 Å². The second-order valence-corrected chi connectivity index (χ2v) is 4.59. The third-order valence-electron chi connectivity index (χ3n) is 3.24. The average molecular weight is 352 g/mol. The Morgan fingerprint density at radius 3 is 2.38 bits per heavy atom. The normalized spacial score (nSPS) is 9.81. The minimum atomic E-state index is 0. The molecule has 0 bridgehead atoms. The van der Waals surface area contributed by atoms with E-state index in [0.29, 0.717) is 0 Å². The third-order valence-corrected chi connectivity index (χ3v) is 3.24. The predicted octanol–water partition coefficient (Wildman–Crippen LogP) is 3.61. The molecule has 0 amide bonds. The molecule has 0 aromatic heterocycles. The molecule has 0 radical (unpaired) electrons. The number of ether oxygens (including phenoxy) is 2. The van der Waals surface area contributed by atoms with Crippen LogP contribution in [0.2, 0.25) is 0 Å². The molecule has 0 saturated heterocycles. The Bertz CT molecular complexity index is 532. The van der Waals surface area contributed by atoms with Crippen molar-refractivity contribution in [3.05, 3.63) is 59.7 Å². The Morgan fingerprint density at radius 2 is 1.71 bits per heavy atom. The molecular weight excluding hydrogens is 330 g/mol. The first-order valence-corrected chi connectivity index (χ1v) is 6.79. The number of hydrogen-bond donors (Lipinski definition) is 1. The maximum atomic E-state index is 5.38. The van der Waals surface area contributed by atoms with Crippen molar-refractivity contribution in [2.24, 2.45) is 0 Å². The van der Waals surface area contributed by atoms with Gasteiger partial charge in [0, 0.05) is 18.2 Å². The summed E-state index contributed by atoms with van der Waals surface area (Å²) in [6.07, 6.45) is 1.03. The molecule has 0 fully saturated rings. The fraction of sp³-hybridized carbons (Fsp3) is 0.294. The van der Waals surface area contributed by atoms with Crippen LogP contribution in [0.1, 0.15) is 11.1 Å². The molecule has 0 aliphatic rings. The fourth-order valence-electron chi connectivity index (χ4n) is 2.10. The number of hydrogen-bond acceptors (Lipinski definition) is 3. The van der Waals surface area contributed by atoms with E-state index < -0.39 is 0 Å². The molecule has 0 unspecified atom stereocenters. The van der Waals surface area contributed by atoms with Gasteiger partial charge in [-0.2, -0.15) is 0 Å². The van der Waals surface area contributed by atoms with Gasteiger partial charge in [-0.1, -0.05) is 36.4 Å². The molecule has 4 heteroatoms. The molecule has 0 heterocycles. The van der Waals surface area contributed by atoms with Crippen molar-refractivity contribution in [1.29, 1.82) is 0 Å². The third kappa shape index (κ3) is 5.40. The van der Waals surface area contributed by atoms with Crippen LogP contribution in [0.3, 0.4) is 0 Å². The Hall–Kier alpha value is -1.52. The molecule has 2 aromatic rings. The highest BCUT2D eigenvalue weighted by Gasteiger charge is 2.04. The number of halogens is 1. The van der Waals surface area contributed by atoms with Crippen LogP contribution in [0.15, 0.2) is 48.5 Å². The lowest BCUT2D eigenvalue weighted by molar-refractivity contribution is 0.390. The van der Waals surface area contributed by atoms with E-state index in [9.17, 15) is 0 Å². The molecule has 0 aliphatic carbocycles. The van der Waals surface area contributed by atoms with E-state index in [1.54, 1.807) is 14.2 Å². The van der Waals surface area contributed by atoms with Crippen LogP contribution in [0.25, 0.3) is 0 Å². The Labute approximate surface area is 137 Å². The van der Waals surface area contributed by atoms with Gasteiger partial charge < -0.3 is 14.8 Å². The van der Waals surface area contributed by atoms with Crippen molar-refractivity contribution in [1.82, 2.24) is 5.32 Å². The van der Waals surface area contributed by atoms with Gasteiger partial charge in [-0.05, 0) is 24.6 Å². The lowest BCUT2D eigenvalue weighted by Crippen LogP contribution is -2.17. The van der Waals surface area contributed by atoms with E-state index >= 15 is 0 Å². The molecule has 114 valence electrons. The van der Waals surface area contributed by atoms with E-state index in [1.165, 1.54) is 5.56 Å². The summed E-state index contributed by atoms with van der Waals surface area (Å²) in [5.41, 5.74) is 2.49. The highest BCUT2D eigenvalue weighted by Crippen LogP contribution is 2.24. The highest BCUT2D eigenvalue weighted by atomic mass is 79.9. The monoisotopic (exact) mass is 351 g/mol. The quantitative estimate of drug-likeness (QED) is 0.773. The maximum absolute atomic E-state index is 5.38. The second-order valence-electron chi connectivity index (χ2n) is 4.59. The van der Waals surface area contributed by atoms with Gasteiger partial charge in [0.15, 0.2) is 0 Å². The summed E-state index contributed by atoms with van der Waals surface area (Å²) in [6.45, 7) is 1.74. The Morgan fingerprint density at radius 1 is 0.952 bits per heavy atom. The maximum Gasteiger partial charge on any atom is 0.127 e. The molecule has 3 nitrogen and oxygen atoms in total. The van der Waals surface area contributed by atoms with E-state index in [4.69, 9.17) is 9.47 Å². The topological polar surface area (TPSA) is 30.5 Å². The number of methoxy groups -OCH3 is 2. The van der Waals surface area contributed by atoms with Crippen LogP contribution in [0, 0.1) is 0 Å². The summed E-state index contributed by atoms with van der Waals surface area (Å²) in [5.74, 6) is 1.67. The molecule has 1 N–H and O–H groups in total. The van der Waals surface area contributed by atoms with Crippen molar-refractivity contribution in [2.45, 2.75) is 13.0 Å². The van der Waals surface area contributed by atoms with E-state index in [1.807, 2.05) is 24.3 Å². The minimum Gasteiger partial charge on any atom is -0.497 e. The number of benzene rings is 2. The van der Waals surface area contributed by atoms with Crippen molar-refractivity contribution < 1.29 is 9.47 Å². The van der Waals surface area contributed by atoms with Gasteiger partial charge in [0.05, 0.1) is 14.2 Å². The first-order valence-electron chi connectivity index (χ1n) is 6.79. The standard InChI is InChI=1S/C17H21NO2.BrH/c1-19-16-9-8-15(17(12-16)20-2)13-18-11-10-14-6-4-3-5-7-14;/h3-9,12,18H,10-11,13H2,1-2H3;1H.